The average molecular weight is 595 g/mol. The molecule has 230 valence electrons. The Morgan fingerprint density at radius 2 is 1.69 bits per heavy atom. The molecule has 0 radical (unpaired) electrons. The second-order valence-electron chi connectivity index (χ2n) is 13.6. The Bertz CT molecular complexity index is 1450. The average Bonchev–Trinajstić information content (AvgIpc) is 2.78. The second-order valence-corrected chi connectivity index (χ2v) is 13.6. The van der Waals surface area contributed by atoms with Gasteiger partial charge in [0, 0.05) is 30.0 Å². The Labute approximate surface area is 241 Å². The van der Waals surface area contributed by atoms with E-state index < -0.39 is 105 Å². The summed E-state index contributed by atoms with van der Waals surface area (Å²) >= 11 is 0. The summed E-state index contributed by atoms with van der Waals surface area (Å²) in [6, 6.07) is 0.926. The van der Waals surface area contributed by atoms with Crippen molar-refractivity contribution in [2.24, 2.45) is 23.0 Å². The van der Waals surface area contributed by atoms with Crippen LogP contribution in [0.25, 0.3) is 5.76 Å². The number of phenolic OH excluding ortho intramolecular Hbond substituents is 1. The van der Waals surface area contributed by atoms with E-state index in [9.17, 15) is 48.0 Å². The van der Waals surface area contributed by atoms with Crippen LogP contribution >= 0.6 is 0 Å². The minimum absolute atomic E-state index is 0.118. The van der Waals surface area contributed by atoms with Crippen LogP contribution in [0.4, 0.5) is 13.2 Å². The number of amides is 1. The Balaban J connectivity index is 1.88. The maximum atomic E-state index is 14.7. The Morgan fingerprint density at radius 3 is 2.21 bits per heavy atom. The summed E-state index contributed by atoms with van der Waals surface area (Å²) in [4.78, 5) is 39.7. The maximum Gasteiger partial charge on any atom is 0.417 e. The number of aromatic hydroxyl groups is 1. The number of ketones is 2. The number of benzene rings is 1. The summed E-state index contributed by atoms with van der Waals surface area (Å²) in [5.74, 6) is -8.78. The molecule has 1 aromatic carbocycles. The Kier molecular flexibility index (Phi) is 7.39. The number of fused-ring (bicyclic) bond motifs is 3. The lowest BCUT2D eigenvalue weighted by Gasteiger charge is -2.46. The first-order valence-electron chi connectivity index (χ1n) is 13.7. The second kappa shape index (κ2) is 9.84. The number of primary amides is 1. The predicted molar refractivity (Wildman–Crippen MR) is 146 cm³/mol. The Morgan fingerprint density at radius 1 is 1.10 bits per heavy atom. The van der Waals surface area contributed by atoms with Gasteiger partial charge in [-0.05, 0) is 68.7 Å². The molecule has 6 N–H and O–H groups in total. The summed E-state index contributed by atoms with van der Waals surface area (Å²) in [7, 11) is 1.69. The largest absolute Gasteiger partial charge is 0.508 e. The van der Waals surface area contributed by atoms with Gasteiger partial charge in [-0.25, -0.2) is 0 Å². The molecule has 0 saturated heterocycles. The zero-order valence-corrected chi connectivity index (χ0v) is 24.4. The van der Waals surface area contributed by atoms with Gasteiger partial charge in [-0.2, -0.15) is 13.2 Å². The van der Waals surface area contributed by atoms with Crippen LogP contribution in [0.1, 0.15) is 76.1 Å². The van der Waals surface area contributed by atoms with Crippen molar-refractivity contribution in [3.05, 3.63) is 45.2 Å². The van der Waals surface area contributed by atoms with Gasteiger partial charge in [0.1, 0.15) is 22.8 Å². The summed E-state index contributed by atoms with van der Waals surface area (Å²) < 4.78 is 44.2. The van der Waals surface area contributed by atoms with Gasteiger partial charge in [0.2, 0.25) is 5.78 Å². The summed E-state index contributed by atoms with van der Waals surface area (Å²) in [6.45, 7) is 9.73. The minimum atomic E-state index is -4.89. The highest BCUT2D eigenvalue weighted by molar-refractivity contribution is 6.22. The highest BCUT2D eigenvalue weighted by Crippen LogP contribution is 2.54. The van der Waals surface area contributed by atoms with E-state index in [0.29, 0.717) is 6.42 Å². The van der Waals surface area contributed by atoms with Gasteiger partial charge in [-0.1, -0.05) is 20.8 Å². The van der Waals surface area contributed by atoms with Gasteiger partial charge in [0.25, 0.3) is 5.91 Å². The molecular weight excluding hydrogens is 557 g/mol. The number of phenols is 1. The molecule has 1 aromatic rings. The van der Waals surface area contributed by atoms with Crippen molar-refractivity contribution in [1.29, 1.82) is 0 Å². The third-order valence-electron chi connectivity index (χ3n) is 8.84. The van der Waals surface area contributed by atoms with E-state index in [-0.39, 0.29) is 23.9 Å². The fourth-order valence-electron chi connectivity index (χ4n) is 7.14. The number of carbonyl (C=O) groups excluding carboxylic acids is 3. The molecule has 1 saturated carbocycles. The molecule has 1 unspecified atom stereocenters. The van der Waals surface area contributed by atoms with Crippen molar-refractivity contribution < 1.29 is 48.0 Å². The molecular formula is C30H37F3N2O7. The van der Waals surface area contributed by atoms with Crippen molar-refractivity contribution in [1.82, 2.24) is 4.90 Å². The van der Waals surface area contributed by atoms with Crippen molar-refractivity contribution >= 4 is 23.2 Å². The molecule has 0 heterocycles. The zero-order chi connectivity index (χ0) is 31.9. The summed E-state index contributed by atoms with van der Waals surface area (Å²) in [5.41, 5.74) is -1.93. The molecule has 3 atom stereocenters. The number of hydrogen-bond donors (Lipinski definition) is 5. The minimum Gasteiger partial charge on any atom is -0.508 e. The van der Waals surface area contributed by atoms with Gasteiger partial charge >= 0.3 is 6.18 Å². The molecule has 0 bridgehead atoms. The van der Waals surface area contributed by atoms with Gasteiger partial charge in [-0.3, -0.25) is 19.3 Å². The smallest absolute Gasteiger partial charge is 0.417 e. The molecule has 1 amide bonds. The molecule has 0 aliphatic heterocycles. The number of rotatable bonds is 5. The third kappa shape index (κ3) is 4.98. The number of aliphatic hydroxyl groups excluding tert-OH is 2. The zero-order valence-electron chi connectivity index (χ0n) is 24.4. The van der Waals surface area contributed by atoms with Crippen LogP contribution < -0.4 is 5.73 Å². The summed E-state index contributed by atoms with van der Waals surface area (Å²) in [6.07, 6.45) is -5.48. The molecule has 0 spiro atoms. The van der Waals surface area contributed by atoms with Gasteiger partial charge in [0.15, 0.2) is 11.4 Å². The fraction of sp³-hybridized carbons (Fsp3) is 0.567. The molecule has 3 aliphatic rings. The van der Waals surface area contributed by atoms with Gasteiger partial charge in [-0.15, -0.1) is 0 Å². The molecule has 1 fully saturated rings. The van der Waals surface area contributed by atoms with E-state index in [2.05, 4.69) is 0 Å². The molecule has 12 heteroatoms. The van der Waals surface area contributed by atoms with Crippen LogP contribution in [-0.2, 0) is 33.5 Å². The molecule has 0 aromatic heterocycles. The fourth-order valence-corrected chi connectivity index (χ4v) is 7.14. The lowest BCUT2D eigenvalue weighted by molar-refractivity contribution is -0.147. The number of nitrogens with zero attached hydrogens (tertiary/aromatic N) is 1. The van der Waals surface area contributed by atoms with Gasteiger partial charge in [0.05, 0.1) is 11.1 Å². The van der Waals surface area contributed by atoms with Crippen molar-refractivity contribution in [3.63, 3.8) is 0 Å². The highest BCUT2D eigenvalue weighted by atomic mass is 19.4. The molecule has 42 heavy (non-hydrogen) atoms. The van der Waals surface area contributed by atoms with Crippen molar-refractivity contribution in [3.8, 4) is 5.75 Å². The number of alkyl halides is 3. The number of Topliss-reactive ketones (excluding diaryl/α,β-unsaturated/α-hetero) is 2. The topological polar surface area (TPSA) is 161 Å². The molecule has 4 rings (SSSR count). The highest BCUT2D eigenvalue weighted by Gasteiger charge is 2.60. The van der Waals surface area contributed by atoms with E-state index in [1.807, 2.05) is 34.6 Å². The standard InChI is InChI=1S/C30H37F3N2O7/c1-27(2,3)12-28(4,5)35(6)11-14-9-17(36)20-16(22(14)30(31,32)33)8-13-7-15-10-18(37)21(26(34)41)25(40)29(15,42)24(39)19(13)23(20)38/h9,13,15,36,38,40,42H,7-8,10-12H2,1-6H3,(H2,34,41)/t13?,15-,29-/m0/s1. The number of halogens is 3. The van der Waals surface area contributed by atoms with Crippen LogP contribution in [0, 0.1) is 17.3 Å². The van der Waals surface area contributed by atoms with Crippen LogP contribution in [0.2, 0.25) is 0 Å². The van der Waals surface area contributed by atoms with E-state index in [4.69, 9.17) is 5.73 Å². The number of nitrogens with two attached hydrogens (primary N) is 1. The third-order valence-corrected chi connectivity index (χ3v) is 8.84. The monoisotopic (exact) mass is 594 g/mol. The first kappa shape index (κ1) is 31.6. The summed E-state index contributed by atoms with van der Waals surface area (Å²) in [5, 5.41) is 44.1. The SMILES string of the molecule is CN(Cc1cc(O)c2c(c1C(F)(F)F)CC1C[C@H]3CC(=O)C(C(N)=O)=C(O)[C@@]3(O)C(=O)C1=C2O)C(C)(C)CC(C)(C)C. The molecule has 9 nitrogen and oxygen atoms in total. The van der Waals surface area contributed by atoms with E-state index >= 15 is 0 Å². The Hall–Kier alpha value is -3.38. The maximum absolute atomic E-state index is 14.7. The van der Waals surface area contributed by atoms with Crippen LogP contribution in [0.15, 0.2) is 23.0 Å². The first-order valence-corrected chi connectivity index (χ1v) is 13.7. The van der Waals surface area contributed by atoms with Crippen molar-refractivity contribution in [2.45, 2.75) is 84.2 Å². The lowest BCUT2D eigenvalue weighted by Crippen LogP contribution is -2.58. The van der Waals surface area contributed by atoms with E-state index in [1.54, 1.807) is 11.9 Å². The van der Waals surface area contributed by atoms with E-state index in [1.165, 1.54) is 0 Å². The lowest BCUT2D eigenvalue weighted by atomic mass is 9.59. The number of aliphatic hydroxyl groups is 3. The van der Waals surface area contributed by atoms with E-state index in [0.717, 1.165) is 6.07 Å². The van der Waals surface area contributed by atoms with Crippen LogP contribution in [0.5, 0.6) is 5.75 Å². The van der Waals surface area contributed by atoms with Crippen LogP contribution in [-0.4, -0.2) is 61.0 Å². The van der Waals surface area contributed by atoms with Crippen molar-refractivity contribution in [2.75, 3.05) is 7.05 Å². The predicted octanol–water partition coefficient (Wildman–Crippen LogP) is 4.09. The quantitative estimate of drug-likeness (QED) is 0.319. The molecule has 3 aliphatic carbocycles. The normalized spacial score (nSPS) is 25.0. The van der Waals surface area contributed by atoms with Gasteiger partial charge < -0.3 is 26.2 Å². The van der Waals surface area contributed by atoms with Crippen LogP contribution in [0.3, 0.4) is 0 Å². The number of carbonyl (C=O) groups is 3. The number of hydrogen-bond acceptors (Lipinski definition) is 8. The first-order chi connectivity index (χ1) is 19.0.